The number of hydrogen-bond acceptors (Lipinski definition) is 6. The summed E-state index contributed by atoms with van der Waals surface area (Å²) in [6.45, 7) is 2.69. The number of halogens is 1. The zero-order valence-electron chi connectivity index (χ0n) is 15.9. The number of hydrogen-bond donors (Lipinski definition) is 1. The first kappa shape index (κ1) is 21.1. The molecule has 0 fully saturated rings. The summed E-state index contributed by atoms with van der Waals surface area (Å²) in [5.74, 6) is 0.348. The van der Waals surface area contributed by atoms with Gasteiger partial charge in [0.05, 0.1) is 18.4 Å². The number of rotatable bonds is 7. The largest absolute Gasteiger partial charge is 0.465 e. The molecule has 3 rings (SSSR count). The number of carbonyl (C=O) groups is 2. The van der Waals surface area contributed by atoms with Crippen LogP contribution in [0.5, 0.6) is 0 Å². The second kappa shape index (κ2) is 9.71. The standard InChI is InChI=1S/C20H19BrN4O3S/c1-3-25-18(15-6-4-5-7-16(15)21)23-24-20(25)29-12-17(26)22-14-10-8-13(9-11-14)19(27)28-2/h4-11H,3,12H2,1-2H3,(H,22,26). The SMILES string of the molecule is CCn1c(SCC(=O)Nc2ccc(C(=O)OC)cc2)nnc1-c1ccccc1Br. The summed E-state index contributed by atoms with van der Waals surface area (Å²) < 4.78 is 7.57. The number of esters is 1. The molecule has 2 aromatic carbocycles. The topological polar surface area (TPSA) is 86.1 Å². The lowest BCUT2D eigenvalue weighted by molar-refractivity contribution is -0.113. The highest BCUT2D eigenvalue weighted by molar-refractivity contribution is 9.10. The first-order valence-corrected chi connectivity index (χ1v) is 10.6. The van der Waals surface area contributed by atoms with Crippen LogP contribution in [-0.4, -0.2) is 39.5 Å². The molecular formula is C20H19BrN4O3S. The summed E-state index contributed by atoms with van der Waals surface area (Å²) in [6, 6.07) is 14.3. The molecule has 0 saturated heterocycles. The van der Waals surface area contributed by atoms with Crippen LogP contribution in [0.25, 0.3) is 11.4 Å². The number of aromatic nitrogens is 3. The minimum Gasteiger partial charge on any atom is -0.465 e. The number of amides is 1. The van der Waals surface area contributed by atoms with Crippen LogP contribution in [0.15, 0.2) is 58.2 Å². The van der Waals surface area contributed by atoms with Gasteiger partial charge in [0.2, 0.25) is 5.91 Å². The Hall–Kier alpha value is -2.65. The summed E-state index contributed by atoms with van der Waals surface area (Å²) in [7, 11) is 1.33. The predicted molar refractivity (Wildman–Crippen MR) is 116 cm³/mol. The van der Waals surface area contributed by atoms with Crippen molar-refractivity contribution in [2.45, 2.75) is 18.6 Å². The third-order valence-electron chi connectivity index (χ3n) is 4.07. The molecule has 0 aliphatic rings. The van der Waals surface area contributed by atoms with Gasteiger partial charge in [-0.2, -0.15) is 0 Å². The van der Waals surface area contributed by atoms with Gasteiger partial charge in [-0.3, -0.25) is 4.79 Å². The monoisotopic (exact) mass is 474 g/mol. The van der Waals surface area contributed by atoms with Crippen molar-refractivity contribution in [3.05, 3.63) is 58.6 Å². The van der Waals surface area contributed by atoms with Crippen LogP contribution in [0.4, 0.5) is 5.69 Å². The van der Waals surface area contributed by atoms with Gasteiger partial charge in [0.1, 0.15) is 0 Å². The number of thioether (sulfide) groups is 1. The lowest BCUT2D eigenvalue weighted by atomic mass is 10.2. The average Bonchev–Trinajstić information content (AvgIpc) is 3.15. The Morgan fingerprint density at radius 2 is 1.86 bits per heavy atom. The first-order chi connectivity index (χ1) is 14.0. The van der Waals surface area contributed by atoms with E-state index in [9.17, 15) is 9.59 Å². The second-order valence-corrected chi connectivity index (χ2v) is 7.73. The van der Waals surface area contributed by atoms with E-state index in [1.165, 1.54) is 18.9 Å². The number of anilines is 1. The normalized spacial score (nSPS) is 10.6. The van der Waals surface area contributed by atoms with Gasteiger partial charge in [0, 0.05) is 22.3 Å². The van der Waals surface area contributed by atoms with E-state index in [2.05, 4.69) is 36.2 Å². The molecule has 1 N–H and O–H groups in total. The van der Waals surface area contributed by atoms with Gasteiger partial charge < -0.3 is 14.6 Å². The molecule has 7 nitrogen and oxygen atoms in total. The molecule has 0 atom stereocenters. The van der Waals surface area contributed by atoms with Crippen molar-refractivity contribution < 1.29 is 14.3 Å². The fraction of sp³-hybridized carbons (Fsp3) is 0.200. The van der Waals surface area contributed by atoms with Crippen molar-refractivity contribution in [2.75, 3.05) is 18.2 Å². The minimum absolute atomic E-state index is 0.172. The van der Waals surface area contributed by atoms with Gasteiger partial charge in [0.15, 0.2) is 11.0 Å². The summed E-state index contributed by atoms with van der Waals surface area (Å²) in [5, 5.41) is 12.0. The van der Waals surface area contributed by atoms with Crippen LogP contribution in [0.2, 0.25) is 0 Å². The average molecular weight is 475 g/mol. The summed E-state index contributed by atoms with van der Waals surface area (Å²) in [5.41, 5.74) is 1.98. The molecule has 150 valence electrons. The van der Waals surface area contributed by atoms with Gasteiger partial charge in [-0.25, -0.2) is 4.79 Å². The Morgan fingerprint density at radius 3 is 2.52 bits per heavy atom. The fourth-order valence-electron chi connectivity index (χ4n) is 2.66. The third-order valence-corrected chi connectivity index (χ3v) is 5.73. The van der Waals surface area contributed by atoms with Gasteiger partial charge >= 0.3 is 5.97 Å². The second-order valence-electron chi connectivity index (χ2n) is 5.94. The maximum atomic E-state index is 12.3. The van der Waals surface area contributed by atoms with Crippen molar-refractivity contribution in [3.63, 3.8) is 0 Å². The van der Waals surface area contributed by atoms with Crippen molar-refractivity contribution in [3.8, 4) is 11.4 Å². The van der Waals surface area contributed by atoms with Gasteiger partial charge in [-0.1, -0.05) is 45.9 Å². The van der Waals surface area contributed by atoms with Crippen LogP contribution in [0.3, 0.4) is 0 Å². The van der Waals surface area contributed by atoms with E-state index >= 15 is 0 Å². The quantitative estimate of drug-likeness (QED) is 0.406. The summed E-state index contributed by atoms with van der Waals surface area (Å²) in [4.78, 5) is 23.8. The minimum atomic E-state index is -0.418. The Balaban J connectivity index is 1.65. The maximum absolute atomic E-state index is 12.3. The molecule has 0 aliphatic carbocycles. The van der Waals surface area contributed by atoms with Crippen molar-refractivity contribution in [1.82, 2.24) is 14.8 Å². The molecule has 0 bridgehead atoms. The Kier molecular flexibility index (Phi) is 7.05. The third kappa shape index (κ3) is 5.04. The molecule has 0 aliphatic heterocycles. The molecule has 3 aromatic rings. The van der Waals surface area contributed by atoms with E-state index < -0.39 is 5.97 Å². The Labute approximate surface area is 181 Å². The van der Waals surface area contributed by atoms with Crippen LogP contribution in [0, 0.1) is 0 Å². The number of ether oxygens (including phenoxy) is 1. The molecule has 0 spiro atoms. The molecule has 1 aromatic heterocycles. The summed E-state index contributed by atoms with van der Waals surface area (Å²) >= 11 is 4.86. The van der Waals surface area contributed by atoms with Crippen LogP contribution < -0.4 is 5.32 Å². The van der Waals surface area contributed by atoms with E-state index in [1.807, 2.05) is 35.8 Å². The highest BCUT2D eigenvalue weighted by Crippen LogP contribution is 2.29. The molecular weight excluding hydrogens is 456 g/mol. The highest BCUT2D eigenvalue weighted by atomic mass is 79.9. The summed E-state index contributed by atoms with van der Waals surface area (Å²) in [6.07, 6.45) is 0. The number of benzene rings is 2. The van der Waals surface area contributed by atoms with E-state index in [1.54, 1.807) is 24.3 Å². The molecule has 0 radical (unpaired) electrons. The van der Waals surface area contributed by atoms with E-state index in [-0.39, 0.29) is 11.7 Å². The number of methoxy groups -OCH3 is 1. The van der Waals surface area contributed by atoms with E-state index in [0.717, 1.165) is 15.9 Å². The zero-order chi connectivity index (χ0) is 20.8. The van der Waals surface area contributed by atoms with Gasteiger partial charge in [-0.15, -0.1) is 10.2 Å². The number of nitrogens with one attached hydrogen (secondary N) is 1. The lowest BCUT2D eigenvalue weighted by Gasteiger charge is -2.09. The highest BCUT2D eigenvalue weighted by Gasteiger charge is 2.16. The van der Waals surface area contributed by atoms with Gasteiger partial charge in [-0.05, 0) is 37.3 Å². The molecule has 29 heavy (non-hydrogen) atoms. The molecule has 1 heterocycles. The van der Waals surface area contributed by atoms with E-state index in [4.69, 9.17) is 0 Å². The molecule has 9 heteroatoms. The zero-order valence-corrected chi connectivity index (χ0v) is 18.3. The van der Waals surface area contributed by atoms with Gasteiger partial charge in [0.25, 0.3) is 0 Å². The lowest BCUT2D eigenvalue weighted by Crippen LogP contribution is -2.15. The predicted octanol–water partition coefficient (Wildman–Crippen LogP) is 4.24. The number of carbonyl (C=O) groups excluding carboxylic acids is 2. The van der Waals surface area contributed by atoms with Crippen molar-refractivity contribution in [1.29, 1.82) is 0 Å². The van der Waals surface area contributed by atoms with E-state index in [0.29, 0.717) is 23.0 Å². The molecule has 0 saturated carbocycles. The maximum Gasteiger partial charge on any atom is 0.337 e. The first-order valence-electron chi connectivity index (χ1n) is 8.82. The number of nitrogens with zero attached hydrogens (tertiary/aromatic N) is 3. The molecule has 1 amide bonds. The van der Waals surface area contributed by atoms with Crippen LogP contribution in [0.1, 0.15) is 17.3 Å². The molecule has 0 unspecified atom stereocenters. The Morgan fingerprint density at radius 1 is 1.14 bits per heavy atom. The van der Waals surface area contributed by atoms with Crippen molar-refractivity contribution >= 4 is 45.3 Å². The van der Waals surface area contributed by atoms with Crippen LogP contribution in [-0.2, 0) is 16.1 Å². The Bertz CT molecular complexity index is 1020. The fourth-order valence-corrected chi connectivity index (χ4v) is 3.92. The van der Waals surface area contributed by atoms with Crippen molar-refractivity contribution in [2.24, 2.45) is 0 Å². The van der Waals surface area contributed by atoms with Crippen LogP contribution >= 0.6 is 27.7 Å². The smallest absolute Gasteiger partial charge is 0.337 e.